The summed E-state index contributed by atoms with van der Waals surface area (Å²) < 4.78 is 68.4. The van der Waals surface area contributed by atoms with Crippen LogP contribution in [0.25, 0.3) is 0 Å². The molecule has 0 aliphatic heterocycles. The van der Waals surface area contributed by atoms with Crippen molar-refractivity contribution < 1.29 is 80.2 Å². The van der Waals surface area contributed by atoms with E-state index in [1.807, 2.05) is 0 Å². The lowest BCUT2D eigenvalue weighted by Gasteiger charge is -2.21. The van der Waals surface area contributed by atoms with Crippen molar-refractivity contribution in [3.05, 3.63) is 0 Å². The van der Waals surface area contributed by atoms with Gasteiger partial charge in [0, 0.05) is 25.7 Å². The van der Waals surface area contributed by atoms with Crippen molar-refractivity contribution in [3.63, 3.8) is 0 Å². The zero-order valence-corrected chi connectivity index (χ0v) is 63.4. The molecule has 0 aromatic carbocycles. The Bertz CT molecular complexity index is 1850. The lowest BCUT2D eigenvalue weighted by molar-refractivity contribution is -0.161. The fourth-order valence-electron chi connectivity index (χ4n) is 11.3. The quantitative estimate of drug-likeness (QED) is 0.0222. The Morgan fingerprint density at radius 2 is 0.511 bits per heavy atom. The largest absolute Gasteiger partial charge is 0.472 e. The Balaban J connectivity index is 5.23. The standard InChI is InChI=1S/C75H146O17P2/c1-9-68(8)54-46-38-33-34-42-50-58-75(80)92-71(62-86-73(78)56-48-40-32-26-29-37-45-53-67(6)7)64-90-94(83,84)88-60-69(76)59-87-93(81,82)89-63-70(61-85-72(77)55-47-39-30-24-20-17-16-19-23-28-36-44-52-66(4)5)91-74(79)57-49-41-31-25-21-15-13-11-10-12-14-18-22-27-35-43-51-65(2)3/h65-71,76H,9-64H2,1-8H3,(H,81,82)(H,83,84)/t68?,69?,70-,71-/m1/s1. The molecule has 0 spiro atoms. The van der Waals surface area contributed by atoms with Crippen LogP contribution in [0.3, 0.4) is 0 Å². The van der Waals surface area contributed by atoms with E-state index in [0.717, 1.165) is 114 Å². The molecule has 17 nitrogen and oxygen atoms in total. The predicted octanol–water partition coefficient (Wildman–Crippen LogP) is 21.7. The first-order valence-corrected chi connectivity index (χ1v) is 41.7. The van der Waals surface area contributed by atoms with Crippen molar-refractivity contribution in [1.29, 1.82) is 0 Å². The number of rotatable bonds is 72. The van der Waals surface area contributed by atoms with E-state index in [1.165, 1.54) is 173 Å². The fraction of sp³-hybridized carbons (Fsp3) is 0.947. The predicted molar refractivity (Wildman–Crippen MR) is 381 cm³/mol. The Morgan fingerprint density at radius 1 is 0.298 bits per heavy atom. The molecule has 94 heavy (non-hydrogen) atoms. The van der Waals surface area contributed by atoms with E-state index in [0.29, 0.717) is 31.6 Å². The van der Waals surface area contributed by atoms with Crippen LogP contribution in [-0.2, 0) is 65.4 Å². The molecule has 0 heterocycles. The van der Waals surface area contributed by atoms with Gasteiger partial charge in [-0.15, -0.1) is 0 Å². The highest BCUT2D eigenvalue weighted by Crippen LogP contribution is 2.45. The molecule has 0 saturated carbocycles. The third kappa shape index (κ3) is 67.3. The third-order valence-electron chi connectivity index (χ3n) is 17.7. The van der Waals surface area contributed by atoms with Crippen LogP contribution in [0, 0.1) is 23.7 Å². The second kappa shape index (κ2) is 64.4. The van der Waals surface area contributed by atoms with Crippen LogP contribution in [0.4, 0.5) is 0 Å². The van der Waals surface area contributed by atoms with E-state index in [4.69, 9.17) is 37.0 Å². The monoisotopic (exact) mass is 1380 g/mol. The molecule has 0 aliphatic rings. The molecule has 0 amide bonds. The van der Waals surface area contributed by atoms with Gasteiger partial charge in [-0.3, -0.25) is 37.3 Å². The first-order chi connectivity index (χ1) is 45.1. The Labute approximate surface area is 575 Å². The second-order valence-electron chi connectivity index (χ2n) is 28.7. The minimum Gasteiger partial charge on any atom is -0.462 e. The van der Waals surface area contributed by atoms with Crippen molar-refractivity contribution in [2.45, 2.75) is 395 Å². The highest BCUT2D eigenvalue weighted by Gasteiger charge is 2.30. The van der Waals surface area contributed by atoms with Gasteiger partial charge in [0.15, 0.2) is 12.2 Å². The Morgan fingerprint density at radius 3 is 0.755 bits per heavy atom. The summed E-state index contributed by atoms with van der Waals surface area (Å²) in [7, 11) is -9.91. The average Bonchev–Trinajstić information content (AvgIpc) is 1.57. The number of hydrogen-bond donors (Lipinski definition) is 3. The number of aliphatic hydroxyl groups is 1. The van der Waals surface area contributed by atoms with Crippen molar-refractivity contribution in [2.24, 2.45) is 23.7 Å². The molecule has 558 valence electrons. The maximum Gasteiger partial charge on any atom is 0.472 e. The first kappa shape index (κ1) is 92.1. The van der Waals surface area contributed by atoms with E-state index in [1.54, 1.807) is 0 Å². The van der Waals surface area contributed by atoms with Crippen molar-refractivity contribution >= 4 is 39.5 Å². The van der Waals surface area contributed by atoms with Crippen molar-refractivity contribution in [3.8, 4) is 0 Å². The summed E-state index contributed by atoms with van der Waals surface area (Å²) in [6, 6.07) is 0. The van der Waals surface area contributed by atoms with Gasteiger partial charge in [0.25, 0.3) is 0 Å². The molecule has 0 bridgehead atoms. The molecule has 0 fully saturated rings. The normalized spacial score (nSPS) is 14.4. The van der Waals surface area contributed by atoms with Gasteiger partial charge in [-0.2, -0.15) is 0 Å². The number of unbranched alkanes of at least 4 members (excludes halogenated alkanes) is 37. The van der Waals surface area contributed by atoms with Gasteiger partial charge in [0.05, 0.1) is 26.4 Å². The smallest absolute Gasteiger partial charge is 0.462 e. The van der Waals surface area contributed by atoms with E-state index >= 15 is 0 Å². The molecule has 0 aliphatic carbocycles. The molecule has 3 N–H and O–H groups in total. The summed E-state index contributed by atoms with van der Waals surface area (Å²) in [5.41, 5.74) is 0. The van der Waals surface area contributed by atoms with Gasteiger partial charge in [-0.05, 0) is 49.4 Å². The summed E-state index contributed by atoms with van der Waals surface area (Å²) in [4.78, 5) is 72.7. The molecule has 4 unspecified atom stereocenters. The minimum absolute atomic E-state index is 0.102. The number of phosphoric acid groups is 2. The van der Waals surface area contributed by atoms with Crippen molar-refractivity contribution in [2.75, 3.05) is 39.6 Å². The van der Waals surface area contributed by atoms with Crippen LogP contribution >= 0.6 is 15.6 Å². The van der Waals surface area contributed by atoms with Gasteiger partial charge >= 0.3 is 39.5 Å². The fourth-order valence-corrected chi connectivity index (χ4v) is 12.9. The zero-order chi connectivity index (χ0) is 69.6. The number of hydrogen-bond acceptors (Lipinski definition) is 15. The van der Waals surface area contributed by atoms with Crippen LogP contribution in [0.5, 0.6) is 0 Å². The molecular formula is C75H146O17P2. The number of phosphoric ester groups is 2. The van der Waals surface area contributed by atoms with E-state index < -0.39 is 97.5 Å². The second-order valence-corrected chi connectivity index (χ2v) is 31.6. The van der Waals surface area contributed by atoms with Gasteiger partial charge in [-0.1, -0.05) is 325 Å². The summed E-state index contributed by atoms with van der Waals surface area (Å²) in [6.07, 6.45) is 48.8. The first-order valence-electron chi connectivity index (χ1n) is 38.7. The summed E-state index contributed by atoms with van der Waals surface area (Å²) in [6.45, 7) is 14.1. The number of ether oxygens (including phenoxy) is 4. The maximum absolute atomic E-state index is 13.1. The van der Waals surface area contributed by atoms with Gasteiger partial charge in [0.2, 0.25) is 0 Å². The number of esters is 4. The van der Waals surface area contributed by atoms with Crippen LogP contribution in [0.2, 0.25) is 0 Å². The van der Waals surface area contributed by atoms with Crippen LogP contribution in [-0.4, -0.2) is 96.7 Å². The molecule has 0 rings (SSSR count). The molecule has 19 heteroatoms. The third-order valence-corrected chi connectivity index (χ3v) is 19.6. The number of carbonyl (C=O) groups excluding carboxylic acids is 4. The van der Waals surface area contributed by atoms with Gasteiger partial charge in [-0.25, -0.2) is 9.13 Å². The minimum atomic E-state index is -4.96. The van der Waals surface area contributed by atoms with E-state index in [-0.39, 0.29) is 25.7 Å². The lowest BCUT2D eigenvalue weighted by atomic mass is 10.00. The lowest BCUT2D eigenvalue weighted by Crippen LogP contribution is -2.30. The average molecular weight is 1380 g/mol. The van der Waals surface area contributed by atoms with E-state index in [9.17, 15) is 43.2 Å². The molecule has 0 aromatic rings. The van der Waals surface area contributed by atoms with Crippen LogP contribution < -0.4 is 0 Å². The Hall–Kier alpha value is -1.94. The molecule has 0 aromatic heterocycles. The zero-order valence-electron chi connectivity index (χ0n) is 61.6. The highest BCUT2D eigenvalue weighted by atomic mass is 31.2. The molecular weight excluding hydrogens is 1230 g/mol. The van der Waals surface area contributed by atoms with Gasteiger partial charge in [0.1, 0.15) is 19.3 Å². The van der Waals surface area contributed by atoms with Crippen molar-refractivity contribution in [1.82, 2.24) is 0 Å². The molecule has 0 radical (unpaired) electrons. The maximum atomic E-state index is 13.1. The SMILES string of the molecule is CCC(C)CCCCCCCCC(=O)O[C@H](COC(=O)CCCCCCCCCC(C)C)COP(=O)(O)OCC(O)COP(=O)(O)OC[C@@H](COC(=O)CCCCCCCCCCCCCCC(C)C)OC(=O)CCCCCCCCCCCCCCCCCCC(C)C. The topological polar surface area (TPSA) is 237 Å². The number of carbonyl (C=O) groups is 4. The highest BCUT2D eigenvalue weighted by molar-refractivity contribution is 7.47. The summed E-state index contributed by atoms with van der Waals surface area (Å²) >= 11 is 0. The number of aliphatic hydroxyl groups excluding tert-OH is 1. The van der Waals surface area contributed by atoms with Crippen LogP contribution in [0.15, 0.2) is 0 Å². The van der Waals surface area contributed by atoms with Gasteiger partial charge < -0.3 is 33.8 Å². The summed E-state index contributed by atoms with van der Waals surface area (Å²) in [5.74, 6) is 0.890. The van der Waals surface area contributed by atoms with Crippen LogP contribution in [0.1, 0.15) is 376 Å². The molecule has 0 saturated heterocycles. The Kier molecular flexibility index (Phi) is 63.1. The van der Waals surface area contributed by atoms with E-state index in [2.05, 4.69) is 55.4 Å². The molecule has 6 atom stereocenters. The summed E-state index contributed by atoms with van der Waals surface area (Å²) in [5, 5.41) is 10.6.